The molecule has 1 atom stereocenters. The lowest BCUT2D eigenvalue weighted by Gasteiger charge is -2.33. The number of hydrogen-bond acceptors (Lipinski definition) is 4. The number of nitrogens with zero attached hydrogens (tertiary/aromatic N) is 1. The van der Waals surface area contributed by atoms with Gasteiger partial charge in [-0.3, -0.25) is 9.69 Å². The molecule has 1 saturated heterocycles. The number of piperidine rings is 1. The number of carbonyl (C=O) groups excluding carboxylic acids is 2. The zero-order valence-electron chi connectivity index (χ0n) is 15.6. The van der Waals surface area contributed by atoms with Crippen molar-refractivity contribution in [1.29, 1.82) is 0 Å². The van der Waals surface area contributed by atoms with Crippen LogP contribution >= 0.6 is 23.2 Å². The minimum Gasteiger partial charge on any atom is -0.440 e. The highest BCUT2D eigenvalue weighted by molar-refractivity contribution is 6.35. The molecule has 0 bridgehead atoms. The van der Waals surface area contributed by atoms with Crippen LogP contribution in [0.3, 0.4) is 0 Å². The van der Waals surface area contributed by atoms with Gasteiger partial charge in [-0.15, -0.1) is 0 Å². The third-order valence-corrected chi connectivity index (χ3v) is 5.64. The van der Waals surface area contributed by atoms with E-state index < -0.39 is 12.2 Å². The van der Waals surface area contributed by atoms with Gasteiger partial charge in [0.1, 0.15) is 11.9 Å². The van der Waals surface area contributed by atoms with Crippen molar-refractivity contribution in [3.05, 3.63) is 69.5 Å². The largest absolute Gasteiger partial charge is 0.440 e. The first-order valence-electron chi connectivity index (χ1n) is 9.26. The highest BCUT2D eigenvalue weighted by Gasteiger charge is 2.29. The summed E-state index contributed by atoms with van der Waals surface area (Å²) in [5.41, 5.74) is 6.38. The molecule has 0 saturated carbocycles. The molecule has 3 rings (SSSR count). The summed E-state index contributed by atoms with van der Waals surface area (Å²) >= 11 is 12.2. The number of carbonyl (C=O) groups is 2. The van der Waals surface area contributed by atoms with E-state index >= 15 is 0 Å². The van der Waals surface area contributed by atoms with Gasteiger partial charge in [0.15, 0.2) is 5.78 Å². The van der Waals surface area contributed by atoms with Gasteiger partial charge in [-0.2, -0.15) is 0 Å². The number of benzene rings is 2. The normalized spacial score (nSPS) is 16.4. The highest BCUT2D eigenvalue weighted by atomic mass is 35.5. The fourth-order valence-corrected chi connectivity index (χ4v) is 4.09. The number of rotatable bonds is 6. The summed E-state index contributed by atoms with van der Waals surface area (Å²) < 4.78 is 18.3. The molecule has 0 aliphatic carbocycles. The fourth-order valence-electron chi connectivity index (χ4n) is 3.56. The predicted octanol–water partition coefficient (Wildman–Crippen LogP) is 4.86. The summed E-state index contributed by atoms with van der Waals surface area (Å²) in [7, 11) is 0. The third kappa shape index (κ3) is 5.69. The van der Waals surface area contributed by atoms with E-state index in [2.05, 4.69) is 4.90 Å². The van der Waals surface area contributed by atoms with Crippen LogP contribution in [-0.4, -0.2) is 36.4 Å². The second-order valence-corrected chi connectivity index (χ2v) is 7.88. The Balaban J connectivity index is 1.63. The van der Waals surface area contributed by atoms with Crippen molar-refractivity contribution in [2.75, 3.05) is 19.6 Å². The Morgan fingerprint density at radius 3 is 2.38 bits per heavy atom. The van der Waals surface area contributed by atoms with Crippen molar-refractivity contribution in [2.24, 2.45) is 11.7 Å². The first-order chi connectivity index (χ1) is 13.8. The SMILES string of the molecule is NC(=O)OC(CN1CCC(C(=O)c2ccc(F)cc2)CC1)c1ccc(Cl)cc1Cl. The number of amides is 1. The van der Waals surface area contributed by atoms with E-state index in [0.717, 1.165) is 0 Å². The maximum Gasteiger partial charge on any atom is 0.405 e. The Labute approximate surface area is 178 Å². The van der Waals surface area contributed by atoms with Gasteiger partial charge in [-0.25, -0.2) is 9.18 Å². The molecule has 0 aromatic heterocycles. The van der Waals surface area contributed by atoms with Crippen LogP contribution in [0.15, 0.2) is 42.5 Å². The van der Waals surface area contributed by atoms with Gasteiger partial charge in [-0.1, -0.05) is 29.3 Å². The van der Waals surface area contributed by atoms with Crippen LogP contribution in [0, 0.1) is 11.7 Å². The Kier molecular flexibility index (Phi) is 7.11. The maximum atomic E-state index is 13.1. The van der Waals surface area contributed by atoms with E-state index in [-0.39, 0.29) is 17.5 Å². The van der Waals surface area contributed by atoms with Crippen LogP contribution in [0.2, 0.25) is 10.0 Å². The Hall–Kier alpha value is -2.15. The number of nitrogens with two attached hydrogens (primary N) is 1. The number of primary amides is 1. The number of Topliss-reactive ketones (excluding diaryl/α,β-unsaturated/α-hetero) is 1. The predicted molar refractivity (Wildman–Crippen MR) is 110 cm³/mol. The van der Waals surface area contributed by atoms with Gasteiger partial charge in [0.25, 0.3) is 0 Å². The van der Waals surface area contributed by atoms with E-state index in [9.17, 15) is 14.0 Å². The molecule has 1 unspecified atom stereocenters. The van der Waals surface area contributed by atoms with Crippen molar-refractivity contribution in [1.82, 2.24) is 4.90 Å². The van der Waals surface area contributed by atoms with Gasteiger partial charge in [0.05, 0.1) is 0 Å². The summed E-state index contributed by atoms with van der Waals surface area (Å²) in [4.78, 5) is 26.1. The number of ketones is 1. The van der Waals surface area contributed by atoms with Gasteiger partial charge >= 0.3 is 6.09 Å². The lowest BCUT2D eigenvalue weighted by Crippen LogP contribution is -2.39. The number of hydrogen-bond donors (Lipinski definition) is 1. The van der Waals surface area contributed by atoms with E-state index in [1.165, 1.54) is 24.3 Å². The molecule has 1 aliphatic heterocycles. The van der Waals surface area contributed by atoms with E-state index in [1.54, 1.807) is 18.2 Å². The van der Waals surface area contributed by atoms with Crippen LogP contribution in [0.5, 0.6) is 0 Å². The minimum absolute atomic E-state index is 0.0235. The fraction of sp³-hybridized carbons (Fsp3) is 0.333. The molecule has 2 aromatic carbocycles. The molecule has 2 aromatic rings. The van der Waals surface area contributed by atoms with Crippen LogP contribution in [0.25, 0.3) is 0 Å². The molecule has 0 spiro atoms. The molecular formula is C21H21Cl2FN2O3. The lowest BCUT2D eigenvalue weighted by atomic mass is 9.88. The van der Waals surface area contributed by atoms with Gasteiger partial charge in [0.2, 0.25) is 0 Å². The van der Waals surface area contributed by atoms with Crippen LogP contribution in [0.4, 0.5) is 9.18 Å². The first-order valence-corrected chi connectivity index (χ1v) is 10.0. The van der Waals surface area contributed by atoms with Crippen LogP contribution < -0.4 is 5.73 Å². The first kappa shape index (κ1) is 21.6. The average Bonchev–Trinajstić information content (AvgIpc) is 2.68. The monoisotopic (exact) mass is 438 g/mol. The molecule has 1 fully saturated rings. The summed E-state index contributed by atoms with van der Waals surface area (Å²) in [6, 6.07) is 10.6. The molecule has 5 nitrogen and oxygen atoms in total. The Morgan fingerprint density at radius 1 is 1.14 bits per heavy atom. The van der Waals surface area contributed by atoms with Crippen molar-refractivity contribution >= 4 is 35.1 Å². The number of halogens is 3. The summed E-state index contributed by atoms with van der Waals surface area (Å²) in [6.45, 7) is 1.71. The lowest BCUT2D eigenvalue weighted by molar-refractivity contribution is 0.0598. The molecule has 1 amide bonds. The molecule has 2 N–H and O–H groups in total. The molecular weight excluding hydrogens is 418 g/mol. The van der Waals surface area contributed by atoms with Crippen LogP contribution in [-0.2, 0) is 4.74 Å². The van der Waals surface area contributed by atoms with E-state index in [0.29, 0.717) is 53.6 Å². The molecule has 1 aliphatic rings. The van der Waals surface area contributed by atoms with E-state index in [4.69, 9.17) is 33.7 Å². The Morgan fingerprint density at radius 2 is 1.79 bits per heavy atom. The van der Waals surface area contributed by atoms with Gasteiger partial charge in [0, 0.05) is 33.6 Å². The summed E-state index contributed by atoms with van der Waals surface area (Å²) in [6.07, 6.45) is -0.203. The third-order valence-electron chi connectivity index (χ3n) is 5.08. The standard InChI is InChI=1S/C21H21Cl2FN2O3/c22-15-3-6-17(18(23)11-15)19(29-21(25)28)12-26-9-7-14(8-10-26)20(27)13-1-4-16(24)5-2-13/h1-6,11,14,19H,7-10,12H2,(H2,25,28). The zero-order valence-corrected chi connectivity index (χ0v) is 17.1. The molecule has 1 heterocycles. The van der Waals surface area contributed by atoms with Crippen molar-refractivity contribution in [3.63, 3.8) is 0 Å². The quantitative estimate of drug-likeness (QED) is 0.653. The maximum absolute atomic E-state index is 13.1. The number of ether oxygens (including phenoxy) is 1. The summed E-state index contributed by atoms with van der Waals surface area (Å²) in [5, 5.41) is 0.877. The van der Waals surface area contributed by atoms with Gasteiger partial charge in [-0.05, 0) is 62.3 Å². The van der Waals surface area contributed by atoms with Crippen molar-refractivity contribution in [2.45, 2.75) is 18.9 Å². The average molecular weight is 439 g/mol. The summed E-state index contributed by atoms with van der Waals surface area (Å²) in [5.74, 6) is -0.459. The smallest absolute Gasteiger partial charge is 0.405 e. The topological polar surface area (TPSA) is 72.6 Å². The zero-order chi connectivity index (χ0) is 21.0. The second kappa shape index (κ2) is 9.57. The second-order valence-electron chi connectivity index (χ2n) is 7.04. The molecule has 154 valence electrons. The van der Waals surface area contributed by atoms with Crippen molar-refractivity contribution < 1.29 is 18.7 Å². The van der Waals surface area contributed by atoms with Crippen LogP contribution in [0.1, 0.15) is 34.9 Å². The Bertz CT molecular complexity index is 884. The van der Waals surface area contributed by atoms with Gasteiger partial charge < -0.3 is 10.5 Å². The molecule has 0 radical (unpaired) electrons. The van der Waals surface area contributed by atoms with Crippen molar-refractivity contribution in [3.8, 4) is 0 Å². The molecule has 8 heteroatoms. The highest BCUT2D eigenvalue weighted by Crippen LogP contribution is 2.31. The minimum atomic E-state index is -0.887. The number of likely N-dealkylation sites (tertiary alicyclic amines) is 1. The molecule has 29 heavy (non-hydrogen) atoms. The van der Waals surface area contributed by atoms with E-state index in [1.807, 2.05) is 0 Å².